The van der Waals surface area contributed by atoms with Gasteiger partial charge in [-0.1, -0.05) is 48.9 Å². The second kappa shape index (κ2) is 8.47. The van der Waals surface area contributed by atoms with E-state index in [1.807, 2.05) is 30.3 Å². The van der Waals surface area contributed by atoms with Crippen molar-refractivity contribution in [3.05, 3.63) is 47.5 Å². The van der Waals surface area contributed by atoms with Crippen LogP contribution in [0.25, 0.3) is 0 Å². The number of allylic oxidation sites excluding steroid dienone is 2. The molecule has 2 rings (SSSR count). The van der Waals surface area contributed by atoms with Gasteiger partial charge in [-0.25, -0.2) is 0 Å². The number of benzene rings is 1. The molecule has 0 bridgehead atoms. The lowest BCUT2D eigenvalue weighted by molar-refractivity contribution is -0.259. The number of hydrogen-bond acceptors (Lipinski definition) is 3. The van der Waals surface area contributed by atoms with Crippen LogP contribution in [0.4, 0.5) is 0 Å². The Bertz CT molecular complexity index is 465. The Morgan fingerprint density at radius 2 is 2.05 bits per heavy atom. The first-order valence-corrected chi connectivity index (χ1v) is 8.19. The van der Waals surface area contributed by atoms with Gasteiger partial charge in [-0.05, 0) is 39.0 Å². The molecule has 3 heteroatoms. The van der Waals surface area contributed by atoms with Gasteiger partial charge in [0.2, 0.25) is 0 Å². The number of aliphatic hydroxyl groups excluding tert-OH is 1. The van der Waals surface area contributed by atoms with Crippen molar-refractivity contribution < 1.29 is 14.6 Å². The van der Waals surface area contributed by atoms with E-state index in [4.69, 9.17) is 9.47 Å². The van der Waals surface area contributed by atoms with Gasteiger partial charge in [-0.15, -0.1) is 0 Å². The fourth-order valence-corrected chi connectivity index (χ4v) is 2.75. The lowest BCUT2D eigenvalue weighted by atomic mass is 9.95. The Labute approximate surface area is 134 Å². The van der Waals surface area contributed by atoms with Crippen molar-refractivity contribution in [1.82, 2.24) is 0 Å². The molecule has 1 N–H and O–H groups in total. The summed E-state index contributed by atoms with van der Waals surface area (Å²) >= 11 is 0. The molecule has 0 saturated carbocycles. The molecule has 122 valence electrons. The molecule has 1 unspecified atom stereocenters. The summed E-state index contributed by atoms with van der Waals surface area (Å²) in [6.07, 6.45) is 4.29. The Balaban J connectivity index is 1.87. The molecule has 0 amide bonds. The van der Waals surface area contributed by atoms with E-state index in [0.29, 0.717) is 12.5 Å². The van der Waals surface area contributed by atoms with Gasteiger partial charge in [0.1, 0.15) is 6.10 Å². The van der Waals surface area contributed by atoms with E-state index in [-0.39, 0.29) is 12.4 Å². The van der Waals surface area contributed by atoms with Gasteiger partial charge in [-0.3, -0.25) is 0 Å². The van der Waals surface area contributed by atoms with E-state index in [9.17, 15) is 5.11 Å². The SMILES string of the molecule is CC(C)=CCC[C@H](C)C[C@@H]1OC(c2ccccc2)OC[C@H]1O. The zero-order chi connectivity index (χ0) is 15.9. The molecule has 1 aliphatic rings. The second-order valence-electron chi connectivity index (χ2n) is 6.52. The van der Waals surface area contributed by atoms with E-state index in [0.717, 1.165) is 24.8 Å². The molecule has 1 aromatic carbocycles. The van der Waals surface area contributed by atoms with Crippen LogP contribution in [0.15, 0.2) is 42.0 Å². The molecule has 4 atom stereocenters. The van der Waals surface area contributed by atoms with Gasteiger partial charge in [-0.2, -0.15) is 0 Å². The third-order valence-corrected chi connectivity index (χ3v) is 4.06. The van der Waals surface area contributed by atoms with Gasteiger partial charge < -0.3 is 14.6 Å². The van der Waals surface area contributed by atoms with Crippen LogP contribution >= 0.6 is 0 Å². The molecule has 0 aromatic heterocycles. The fourth-order valence-electron chi connectivity index (χ4n) is 2.75. The van der Waals surface area contributed by atoms with Crippen LogP contribution in [-0.4, -0.2) is 23.9 Å². The van der Waals surface area contributed by atoms with Crippen LogP contribution in [0.2, 0.25) is 0 Å². The number of hydrogen-bond donors (Lipinski definition) is 1. The van der Waals surface area contributed by atoms with E-state index in [1.165, 1.54) is 5.57 Å². The van der Waals surface area contributed by atoms with Gasteiger partial charge in [0.05, 0.1) is 12.7 Å². The lowest BCUT2D eigenvalue weighted by Crippen LogP contribution is -2.41. The molecule has 1 fully saturated rings. The van der Waals surface area contributed by atoms with Gasteiger partial charge >= 0.3 is 0 Å². The highest BCUT2D eigenvalue weighted by atomic mass is 16.7. The van der Waals surface area contributed by atoms with E-state index < -0.39 is 6.10 Å². The van der Waals surface area contributed by atoms with Crippen molar-refractivity contribution in [2.24, 2.45) is 5.92 Å². The van der Waals surface area contributed by atoms with Crippen molar-refractivity contribution in [2.45, 2.75) is 58.5 Å². The van der Waals surface area contributed by atoms with Crippen LogP contribution in [0, 0.1) is 5.92 Å². The summed E-state index contributed by atoms with van der Waals surface area (Å²) in [4.78, 5) is 0. The Kier molecular flexibility index (Phi) is 6.62. The zero-order valence-electron chi connectivity index (χ0n) is 13.9. The molecular weight excluding hydrogens is 276 g/mol. The van der Waals surface area contributed by atoms with Gasteiger partial charge in [0, 0.05) is 5.56 Å². The normalized spacial score (nSPS) is 26.5. The zero-order valence-corrected chi connectivity index (χ0v) is 13.9. The first-order chi connectivity index (χ1) is 10.6. The Morgan fingerprint density at radius 1 is 1.32 bits per heavy atom. The maximum atomic E-state index is 10.1. The predicted octanol–water partition coefficient (Wildman–Crippen LogP) is 4.23. The van der Waals surface area contributed by atoms with Gasteiger partial charge in [0.25, 0.3) is 0 Å². The highest BCUT2D eigenvalue weighted by Gasteiger charge is 2.32. The quantitative estimate of drug-likeness (QED) is 0.799. The first kappa shape index (κ1) is 17.2. The summed E-state index contributed by atoms with van der Waals surface area (Å²) in [7, 11) is 0. The standard InChI is InChI=1S/C19H28O3/c1-14(2)8-7-9-15(3)12-18-17(20)13-21-19(22-18)16-10-5-4-6-11-16/h4-6,8,10-11,15,17-20H,7,9,12-13H2,1-3H3/t15-,17+,18-,19?/m0/s1. The summed E-state index contributed by atoms with van der Waals surface area (Å²) in [5, 5.41) is 10.1. The van der Waals surface area contributed by atoms with E-state index >= 15 is 0 Å². The maximum Gasteiger partial charge on any atom is 0.184 e. The Hall–Kier alpha value is -1.16. The van der Waals surface area contributed by atoms with Crippen LogP contribution in [0.3, 0.4) is 0 Å². The molecule has 1 heterocycles. The summed E-state index contributed by atoms with van der Waals surface area (Å²) in [6, 6.07) is 9.92. The minimum absolute atomic E-state index is 0.152. The van der Waals surface area contributed by atoms with Crippen molar-refractivity contribution in [3.63, 3.8) is 0 Å². The smallest absolute Gasteiger partial charge is 0.184 e. The van der Waals surface area contributed by atoms with Crippen LogP contribution in [0.1, 0.15) is 51.9 Å². The summed E-state index contributed by atoms with van der Waals surface area (Å²) in [5.74, 6) is 0.518. The molecule has 1 aromatic rings. The summed E-state index contributed by atoms with van der Waals surface area (Å²) in [6.45, 7) is 6.81. The highest BCUT2D eigenvalue weighted by Crippen LogP contribution is 2.30. The average Bonchev–Trinajstić information content (AvgIpc) is 2.50. The average molecular weight is 304 g/mol. The number of aliphatic hydroxyl groups is 1. The van der Waals surface area contributed by atoms with Crippen LogP contribution < -0.4 is 0 Å². The van der Waals surface area contributed by atoms with Crippen molar-refractivity contribution in [3.8, 4) is 0 Å². The van der Waals surface area contributed by atoms with Crippen molar-refractivity contribution in [1.29, 1.82) is 0 Å². The first-order valence-electron chi connectivity index (χ1n) is 8.19. The van der Waals surface area contributed by atoms with Crippen molar-refractivity contribution in [2.75, 3.05) is 6.61 Å². The van der Waals surface area contributed by atoms with E-state index in [1.54, 1.807) is 0 Å². The predicted molar refractivity (Wildman–Crippen MR) is 88.5 cm³/mol. The van der Waals surface area contributed by atoms with Crippen LogP contribution in [-0.2, 0) is 9.47 Å². The third kappa shape index (κ3) is 5.24. The largest absolute Gasteiger partial charge is 0.388 e. The Morgan fingerprint density at radius 3 is 2.73 bits per heavy atom. The monoisotopic (exact) mass is 304 g/mol. The molecule has 22 heavy (non-hydrogen) atoms. The molecule has 1 aliphatic heterocycles. The molecule has 1 saturated heterocycles. The maximum absolute atomic E-state index is 10.1. The minimum Gasteiger partial charge on any atom is -0.388 e. The molecule has 0 spiro atoms. The lowest BCUT2D eigenvalue weighted by Gasteiger charge is -2.35. The third-order valence-electron chi connectivity index (χ3n) is 4.06. The number of rotatable bonds is 6. The number of ether oxygens (including phenoxy) is 2. The molecule has 0 aliphatic carbocycles. The molecule has 0 radical (unpaired) electrons. The summed E-state index contributed by atoms with van der Waals surface area (Å²) < 4.78 is 11.6. The minimum atomic E-state index is -0.536. The van der Waals surface area contributed by atoms with Crippen LogP contribution in [0.5, 0.6) is 0 Å². The second-order valence-corrected chi connectivity index (χ2v) is 6.52. The molecular formula is C19H28O3. The summed E-state index contributed by atoms with van der Waals surface area (Å²) in [5.41, 5.74) is 2.37. The van der Waals surface area contributed by atoms with E-state index in [2.05, 4.69) is 26.8 Å². The topological polar surface area (TPSA) is 38.7 Å². The fraction of sp³-hybridized carbons (Fsp3) is 0.579. The molecule has 3 nitrogen and oxygen atoms in total. The highest BCUT2D eigenvalue weighted by molar-refractivity contribution is 5.16. The van der Waals surface area contributed by atoms with Crippen molar-refractivity contribution >= 4 is 0 Å². The van der Waals surface area contributed by atoms with Gasteiger partial charge in [0.15, 0.2) is 6.29 Å².